The number of benzene rings is 1. The van der Waals surface area contributed by atoms with Crippen LogP contribution in [0.25, 0.3) is 0 Å². The van der Waals surface area contributed by atoms with E-state index in [1.807, 2.05) is 6.07 Å². The molecule has 0 aliphatic rings. The summed E-state index contributed by atoms with van der Waals surface area (Å²) < 4.78 is 10.2. The fourth-order valence-corrected chi connectivity index (χ4v) is 1.69. The molecule has 0 spiro atoms. The molecule has 0 fully saturated rings. The first-order valence-electron chi connectivity index (χ1n) is 6.61. The SMILES string of the molecule is C[C@H](OC(=O)c1ccc(C#N)cc1)C(=O)NCc1ccco1. The molecule has 22 heavy (non-hydrogen) atoms. The highest BCUT2D eigenvalue weighted by Gasteiger charge is 2.18. The van der Waals surface area contributed by atoms with Crippen LogP contribution >= 0.6 is 0 Å². The van der Waals surface area contributed by atoms with Crippen molar-refractivity contribution in [2.45, 2.75) is 19.6 Å². The van der Waals surface area contributed by atoms with Crippen molar-refractivity contribution in [1.82, 2.24) is 5.32 Å². The average Bonchev–Trinajstić information content (AvgIpc) is 3.06. The van der Waals surface area contributed by atoms with Crippen LogP contribution in [0.3, 0.4) is 0 Å². The lowest BCUT2D eigenvalue weighted by molar-refractivity contribution is -0.129. The van der Waals surface area contributed by atoms with Gasteiger partial charge in [0, 0.05) is 0 Å². The fourth-order valence-electron chi connectivity index (χ4n) is 1.69. The van der Waals surface area contributed by atoms with E-state index in [1.165, 1.54) is 37.5 Å². The summed E-state index contributed by atoms with van der Waals surface area (Å²) in [5, 5.41) is 11.3. The van der Waals surface area contributed by atoms with E-state index in [1.54, 1.807) is 12.1 Å². The quantitative estimate of drug-likeness (QED) is 0.852. The molecule has 2 rings (SSSR count). The summed E-state index contributed by atoms with van der Waals surface area (Å²) >= 11 is 0. The van der Waals surface area contributed by atoms with Crippen molar-refractivity contribution in [2.75, 3.05) is 0 Å². The van der Waals surface area contributed by atoms with E-state index in [9.17, 15) is 9.59 Å². The number of ether oxygens (including phenoxy) is 1. The van der Waals surface area contributed by atoms with Gasteiger partial charge in [-0.15, -0.1) is 0 Å². The van der Waals surface area contributed by atoms with E-state index < -0.39 is 18.0 Å². The molecule has 1 aromatic heterocycles. The minimum atomic E-state index is -0.932. The van der Waals surface area contributed by atoms with Gasteiger partial charge in [0.25, 0.3) is 5.91 Å². The third-order valence-corrected chi connectivity index (χ3v) is 2.92. The van der Waals surface area contributed by atoms with E-state index in [2.05, 4.69) is 5.32 Å². The molecule has 112 valence electrons. The van der Waals surface area contributed by atoms with E-state index >= 15 is 0 Å². The highest BCUT2D eigenvalue weighted by molar-refractivity contribution is 5.92. The summed E-state index contributed by atoms with van der Waals surface area (Å²) in [4.78, 5) is 23.7. The average molecular weight is 298 g/mol. The predicted octanol–water partition coefficient (Wildman–Crippen LogP) is 2.01. The summed E-state index contributed by atoms with van der Waals surface area (Å²) in [6.07, 6.45) is 0.577. The number of rotatable bonds is 5. The van der Waals surface area contributed by atoms with Crippen LogP contribution < -0.4 is 5.32 Å². The number of carbonyl (C=O) groups excluding carboxylic acids is 2. The smallest absolute Gasteiger partial charge is 0.338 e. The van der Waals surface area contributed by atoms with Gasteiger partial charge < -0.3 is 14.5 Å². The second-order valence-corrected chi connectivity index (χ2v) is 4.53. The highest BCUT2D eigenvalue weighted by Crippen LogP contribution is 2.07. The zero-order valence-corrected chi connectivity index (χ0v) is 11.9. The number of amides is 1. The molecule has 0 aliphatic heterocycles. The number of carbonyl (C=O) groups is 2. The van der Waals surface area contributed by atoms with Crippen molar-refractivity contribution in [2.24, 2.45) is 0 Å². The van der Waals surface area contributed by atoms with Crippen LogP contribution in [0.2, 0.25) is 0 Å². The third kappa shape index (κ3) is 3.96. The van der Waals surface area contributed by atoms with Gasteiger partial charge in [-0.1, -0.05) is 0 Å². The van der Waals surface area contributed by atoms with Gasteiger partial charge in [-0.3, -0.25) is 4.79 Å². The minimum absolute atomic E-state index is 0.227. The molecule has 0 saturated carbocycles. The van der Waals surface area contributed by atoms with Crippen LogP contribution in [-0.4, -0.2) is 18.0 Å². The first-order valence-corrected chi connectivity index (χ1v) is 6.61. The molecule has 2 aromatic rings. The number of nitrogens with zero attached hydrogens (tertiary/aromatic N) is 1. The zero-order valence-electron chi connectivity index (χ0n) is 11.9. The maximum Gasteiger partial charge on any atom is 0.338 e. The van der Waals surface area contributed by atoms with Crippen molar-refractivity contribution in [3.63, 3.8) is 0 Å². The molecular weight excluding hydrogens is 284 g/mol. The molecule has 0 radical (unpaired) electrons. The van der Waals surface area contributed by atoms with Crippen LogP contribution in [0.5, 0.6) is 0 Å². The first kappa shape index (κ1) is 15.3. The van der Waals surface area contributed by atoms with Crippen molar-refractivity contribution in [3.8, 4) is 6.07 Å². The van der Waals surface area contributed by atoms with Gasteiger partial charge in [0.1, 0.15) is 5.76 Å². The Balaban J connectivity index is 1.87. The molecule has 0 saturated heterocycles. The lowest BCUT2D eigenvalue weighted by Gasteiger charge is -2.13. The third-order valence-electron chi connectivity index (χ3n) is 2.92. The van der Waals surface area contributed by atoms with Crippen molar-refractivity contribution in [1.29, 1.82) is 5.26 Å². The highest BCUT2D eigenvalue weighted by atomic mass is 16.5. The summed E-state index contributed by atoms with van der Waals surface area (Å²) in [7, 11) is 0. The second-order valence-electron chi connectivity index (χ2n) is 4.53. The van der Waals surface area contributed by atoms with E-state index in [-0.39, 0.29) is 12.1 Å². The van der Waals surface area contributed by atoms with Crippen LogP contribution in [-0.2, 0) is 16.1 Å². The topological polar surface area (TPSA) is 92.3 Å². The van der Waals surface area contributed by atoms with Crippen molar-refractivity contribution >= 4 is 11.9 Å². The summed E-state index contributed by atoms with van der Waals surface area (Å²) in [5.74, 6) is -0.428. The second kappa shape index (κ2) is 7.09. The Bertz CT molecular complexity index is 684. The molecule has 1 atom stereocenters. The Hall–Kier alpha value is -3.07. The Kier molecular flexibility index (Phi) is 4.94. The Labute approximate surface area is 127 Å². The Morgan fingerprint density at radius 1 is 1.32 bits per heavy atom. The molecule has 6 heteroatoms. The number of nitriles is 1. The molecule has 1 amide bonds. The summed E-state index contributed by atoms with van der Waals surface area (Å²) in [5.41, 5.74) is 0.727. The number of hydrogen-bond donors (Lipinski definition) is 1. The van der Waals surface area contributed by atoms with Gasteiger partial charge in [-0.05, 0) is 43.3 Å². The van der Waals surface area contributed by atoms with Gasteiger partial charge in [0.15, 0.2) is 6.10 Å². The summed E-state index contributed by atoms with van der Waals surface area (Å²) in [6, 6.07) is 11.4. The first-order chi connectivity index (χ1) is 10.6. The van der Waals surface area contributed by atoms with Gasteiger partial charge in [0.2, 0.25) is 0 Å². The predicted molar refractivity (Wildman–Crippen MR) is 76.6 cm³/mol. The maximum atomic E-state index is 11.9. The molecule has 0 aliphatic carbocycles. The number of hydrogen-bond acceptors (Lipinski definition) is 5. The maximum absolute atomic E-state index is 11.9. The number of esters is 1. The van der Waals surface area contributed by atoms with E-state index in [4.69, 9.17) is 14.4 Å². The van der Waals surface area contributed by atoms with Crippen molar-refractivity contribution in [3.05, 3.63) is 59.5 Å². The van der Waals surface area contributed by atoms with Crippen LogP contribution in [0.1, 0.15) is 28.6 Å². The van der Waals surface area contributed by atoms with Crippen LogP contribution in [0.4, 0.5) is 0 Å². The van der Waals surface area contributed by atoms with E-state index in [0.717, 1.165) is 0 Å². The van der Waals surface area contributed by atoms with E-state index in [0.29, 0.717) is 11.3 Å². The molecular formula is C16H14N2O4. The normalized spacial score (nSPS) is 11.3. The Morgan fingerprint density at radius 3 is 2.64 bits per heavy atom. The van der Waals surface area contributed by atoms with Crippen molar-refractivity contribution < 1.29 is 18.7 Å². The van der Waals surface area contributed by atoms with Gasteiger partial charge in [-0.2, -0.15) is 5.26 Å². The number of nitrogens with one attached hydrogen (secondary N) is 1. The fraction of sp³-hybridized carbons (Fsp3) is 0.188. The minimum Gasteiger partial charge on any atom is -0.467 e. The van der Waals surface area contributed by atoms with Gasteiger partial charge >= 0.3 is 5.97 Å². The summed E-state index contributed by atoms with van der Waals surface area (Å²) in [6.45, 7) is 1.71. The lowest BCUT2D eigenvalue weighted by Crippen LogP contribution is -2.35. The molecule has 0 unspecified atom stereocenters. The molecule has 1 N–H and O–H groups in total. The number of furan rings is 1. The monoisotopic (exact) mass is 298 g/mol. The molecule has 6 nitrogen and oxygen atoms in total. The van der Waals surface area contributed by atoms with Gasteiger partial charge in [0.05, 0.1) is 30.0 Å². The van der Waals surface area contributed by atoms with Gasteiger partial charge in [-0.25, -0.2) is 4.79 Å². The lowest BCUT2D eigenvalue weighted by atomic mass is 10.1. The van der Waals surface area contributed by atoms with Crippen LogP contribution in [0.15, 0.2) is 47.1 Å². The standard InChI is InChI=1S/C16H14N2O4/c1-11(15(19)18-10-14-3-2-8-21-14)22-16(20)13-6-4-12(9-17)5-7-13/h2-8,11H,10H2,1H3,(H,18,19)/t11-/m0/s1. The van der Waals surface area contributed by atoms with Crippen LogP contribution in [0, 0.1) is 11.3 Å². The largest absolute Gasteiger partial charge is 0.467 e. The molecule has 0 bridgehead atoms. The molecule has 1 aromatic carbocycles. The Morgan fingerprint density at radius 2 is 2.05 bits per heavy atom. The zero-order chi connectivity index (χ0) is 15.9. The molecule has 1 heterocycles.